The van der Waals surface area contributed by atoms with E-state index in [2.05, 4.69) is 6.08 Å². The first kappa shape index (κ1) is 15.7. The average Bonchev–Trinajstić information content (AvgIpc) is 2.71. The molecule has 5 heteroatoms. The van der Waals surface area contributed by atoms with E-state index in [9.17, 15) is 9.90 Å². The van der Waals surface area contributed by atoms with Crippen molar-refractivity contribution >= 4 is 5.97 Å². The quantitative estimate of drug-likeness (QED) is 0.490. The van der Waals surface area contributed by atoms with Gasteiger partial charge in [-0.25, -0.2) is 4.79 Å². The van der Waals surface area contributed by atoms with Crippen LogP contribution < -0.4 is 0 Å². The van der Waals surface area contributed by atoms with Crippen LogP contribution in [0.5, 0.6) is 0 Å². The van der Waals surface area contributed by atoms with Gasteiger partial charge in [-0.3, -0.25) is 0 Å². The molecular formula is C17H24O5. The average molecular weight is 308 g/mol. The summed E-state index contributed by atoms with van der Waals surface area (Å²) in [4.78, 5) is 11.9. The third kappa shape index (κ3) is 2.14. The third-order valence-corrected chi connectivity index (χ3v) is 5.22. The van der Waals surface area contributed by atoms with E-state index >= 15 is 0 Å². The van der Waals surface area contributed by atoms with Gasteiger partial charge < -0.3 is 19.3 Å². The molecule has 4 atom stereocenters. The summed E-state index contributed by atoms with van der Waals surface area (Å²) in [6.07, 6.45) is 5.16. The molecule has 1 heterocycles. The van der Waals surface area contributed by atoms with Crippen molar-refractivity contribution in [1.82, 2.24) is 0 Å². The number of hydrogen-bond donors (Lipinski definition) is 1. The zero-order chi connectivity index (χ0) is 16.0. The molecule has 122 valence electrons. The Labute approximate surface area is 130 Å². The SMILES string of the molecule is CCOC(=O)/C=C1\CC[C@@H](O)[C@]23C=C(C)C[C@](OC)(OC2)[C@@H]13. The van der Waals surface area contributed by atoms with Gasteiger partial charge in [0.15, 0.2) is 5.79 Å². The van der Waals surface area contributed by atoms with Crippen LogP contribution in [0, 0.1) is 11.3 Å². The summed E-state index contributed by atoms with van der Waals surface area (Å²) in [5.41, 5.74) is 1.63. The lowest BCUT2D eigenvalue weighted by Gasteiger charge is -2.49. The molecule has 0 amide bonds. The Bertz CT molecular complexity index is 537. The molecule has 1 saturated heterocycles. The first-order valence-electron chi connectivity index (χ1n) is 7.90. The minimum Gasteiger partial charge on any atom is -0.463 e. The van der Waals surface area contributed by atoms with Gasteiger partial charge in [-0.1, -0.05) is 17.2 Å². The highest BCUT2D eigenvalue weighted by Gasteiger charge is 2.65. The number of carbonyl (C=O) groups is 1. The Hall–Kier alpha value is -1.17. The first-order chi connectivity index (χ1) is 10.5. The molecule has 2 bridgehead atoms. The second kappa shape index (κ2) is 5.48. The van der Waals surface area contributed by atoms with Gasteiger partial charge in [0.05, 0.1) is 19.3 Å². The summed E-state index contributed by atoms with van der Waals surface area (Å²) in [6.45, 7) is 4.60. The number of hydrogen-bond acceptors (Lipinski definition) is 5. The number of carbonyl (C=O) groups excluding carboxylic acids is 1. The van der Waals surface area contributed by atoms with E-state index in [1.165, 1.54) is 0 Å². The molecule has 1 saturated carbocycles. The number of aliphatic hydroxyl groups excluding tert-OH is 1. The summed E-state index contributed by atoms with van der Waals surface area (Å²) in [5.74, 6) is -1.25. The molecular weight excluding hydrogens is 284 g/mol. The van der Waals surface area contributed by atoms with Gasteiger partial charge in [-0.15, -0.1) is 0 Å². The standard InChI is InChI=1S/C17H24O5/c1-4-21-14(19)7-12-5-6-13(18)16-8-11(2)9-17(20-3,15(12)16)22-10-16/h7-8,13,15,18H,4-6,9-10H2,1-3H3/b12-7+/t13-,15+,16+,17+/m1/s1. The van der Waals surface area contributed by atoms with Gasteiger partial charge in [-0.05, 0) is 26.7 Å². The number of methoxy groups -OCH3 is 1. The van der Waals surface area contributed by atoms with E-state index in [4.69, 9.17) is 14.2 Å². The molecule has 1 aliphatic heterocycles. The van der Waals surface area contributed by atoms with Gasteiger partial charge in [0.2, 0.25) is 0 Å². The molecule has 3 aliphatic rings. The molecule has 0 unspecified atom stereocenters. The highest BCUT2D eigenvalue weighted by molar-refractivity contribution is 5.83. The maximum absolute atomic E-state index is 11.9. The van der Waals surface area contributed by atoms with Crippen molar-refractivity contribution in [2.24, 2.45) is 11.3 Å². The van der Waals surface area contributed by atoms with Crippen LogP contribution in [0.3, 0.4) is 0 Å². The lowest BCUT2D eigenvalue weighted by atomic mass is 9.57. The fourth-order valence-corrected chi connectivity index (χ4v) is 4.47. The molecule has 1 N–H and O–H groups in total. The third-order valence-electron chi connectivity index (χ3n) is 5.22. The topological polar surface area (TPSA) is 65.0 Å². The van der Waals surface area contributed by atoms with Gasteiger partial charge >= 0.3 is 5.97 Å². The molecule has 22 heavy (non-hydrogen) atoms. The predicted octanol–water partition coefficient (Wildman–Crippen LogP) is 1.96. The fraction of sp³-hybridized carbons (Fsp3) is 0.706. The summed E-state index contributed by atoms with van der Waals surface area (Å²) in [7, 11) is 1.64. The molecule has 2 aliphatic carbocycles. The van der Waals surface area contributed by atoms with E-state index in [0.717, 1.165) is 11.1 Å². The lowest BCUT2D eigenvalue weighted by molar-refractivity contribution is -0.212. The number of ether oxygens (including phenoxy) is 3. The summed E-state index contributed by atoms with van der Waals surface area (Å²) >= 11 is 0. The minimum absolute atomic E-state index is 0.137. The van der Waals surface area contributed by atoms with E-state index in [1.807, 2.05) is 6.92 Å². The van der Waals surface area contributed by atoms with Gasteiger partial charge in [0.25, 0.3) is 0 Å². The second-order valence-corrected chi connectivity index (χ2v) is 6.54. The molecule has 5 nitrogen and oxygen atoms in total. The molecule has 0 aromatic heterocycles. The molecule has 2 fully saturated rings. The van der Waals surface area contributed by atoms with Gasteiger partial charge in [0.1, 0.15) is 0 Å². The summed E-state index contributed by atoms with van der Waals surface area (Å²) in [5, 5.41) is 10.6. The van der Waals surface area contributed by atoms with Crippen molar-refractivity contribution in [3.8, 4) is 0 Å². The van der Waals surface area contributed by atoms with Crippen molar-refractivity contribution in [3.63, 3.8) is 0 Å². The largest absolute Gasteiger partial charge is 0.463 e. The molecule has 0 aromatic rings. The van der Waals surface area contributed by atoms with Crippen molar-refractivity contribution in [2.75, 3.05) is 20.3 Å². The van der Waals surface area contributed by atoms with E-state index in [0.29, 0.717) is 32.5 Å². The Balaban J connectivity index is 2.06. The normalized spacial score (nSPS) is 42.0. The second-order valence-electron chi connectivity index (χ2n) is 6.54. The Kier molecular flexibility index (Phi) is 3.91. The number of esters is 1. The van der Waals surface area contributed by atoms with Crippen LogP contribution in [-0.2, 0) is 19.0 Å². The molecule has 0 spiro atoms. The van der Waals surface area contributed by atoms with E-state index in [-0.39, 0.29) is 11.9 Å². The Morgan fingerprint density at radius 2 is 2.36 bits per heavy atom. The van der Waals surface area contributed by atoms with Gasteiger partial charge in [0, 0.05) is 30.9 Å². The highest BCUT2D eigenvalue weighted by atomic mass is 16.7. The van der Waals surface area contributed by atoms with Crippen molar-refractivity contribution in [3.05, 3.63) is 23.3 Å². The number of rotatable bonds is 3. The lowest BCUT2D eigenvalue weighted by Crippen LogP contribution is -2.53. The van der Waals surface area contributed by atoms with Crippen molar-refractivity contribution < 1.29 is 24.1 Å². The summed E-state index contributed by atoms with van der Waals surface area (Å²) in [6, 6.07) is 0. The van der Waals surface area contributed by atoms with Crippen LogP contribution in [0.4, 0.5) is 0 Å². The van der Waals surface area contributed by atoms with Crippen LogP contribution in [0.15, 0.2) is 23.3 Å². The maximum Gasteiger partial charge on any atom is 0.330 e. The monoisotopic (exact) mass is 308 g/mol. The Morgan fingerprint density at radius 3 is 3.05 bits per heavy atom. The highest BCUT2D eigenvalue weighted by Crippen LogP contribution is 2.61. The van der Waals surface area contributed by atoms with E-state index < -0.39 is 17.3 Å². The first-order valence-corrected chi connectivity index (χ1v) is 7.90. The fourth-order valence-electron chi connectivity index (χ4n) is 4.47. The molecule has 0 aromatic carbocycles. The number of aliphatic hydroxyl groups is 1. The van der Waals surface area contributed by atoms with Gasteiger partial charge in [-0.2, -0.15) is 0 Å². The summed E-state index contributed by atoms with van der Waals surface area (Å²) < 4.78 is 16.8. The van der Waals surface area contributed by atoms with Crippen LogP contribution in [0.2, 0.25) is 0 Å². The predicted molar refractivity (Wildman–Crippen MR) is 79.9 cm³/mol. The minimum atomic E-state index is -0.779. The van der Waals surface area contributed by atoms with Crippen LogP contribution in [-0.4, -0.2) is 43.3 Å². The Morgan fingerprint density at radius 1 is 1.59 bits per heavy atom. The smallest absolute Gasteiger partial charge is 0.330 e. The zero-order valence-electron chi connectivity index (χ0n) is 13.4. The zero-order valence-corrected chi connectivity index (χ0v) is 13.4. The van der Waals surface area contributed by atoms with Crippen LogP contribution in [0.25, 0.3) is 0 Å². The van der Waals surface area contributed by atoms with Crippen LogP contribution >= 0.6 is 0 Å². The van der Waals surface area contributed by atoms with Crippen molar-refractivity contribution in [1.29, 1.82) is 0 Å². The maximum atomic E-state index is 11.9. The van der Waals surface area contributed by atoms with Crippen LogP contribution in [0.1, 0.15) is 33.1 Å². The molecule has 0 radical (unpaired) electrons. The van der Waals surface area contributed by atoms with Crippen molar-refractivity contribution in [2.45, 2.75) is 45.0 Å². The molecule has 3 rings (SSSR count). The van der Waals surface area contributed by atoms with E-state index in [1.54, 1.807) is 20.1 Å².